The third-order valence-corrected chi connectivity index (χ3v) is 2.95. The molecule has 0 amide bonds. The molecule has 2 nitrogen and oxygen atoms in total. The van der Waals surface area contributed by atoms with E-state index >= 15 is 0 Å². The molecule has 0 fully saturated rings. The van der Waals surface area contributed by atoms with Gasteiger partial charge in [0.15, 0.2) is 0 Å². The van der Waals surface area contributed by atoms with Crippen LogP contribution in [0, 0.1) is 0 Å². The van der Waals surface area contributed by atoms with Gasteiger partial charge in [-0.1, -0.05) is 0 Å². The minimum absolute atomic E-state index is 1.18. The van der Waals surface area contributed by atoms with Crippen LogP contribution in [0.1, 0.15) is 20.3 Å². The minimum atomic E-state index is 1.18. The fraction of sp³-hybridized carbons (Fsp3) is 0.333. The summed E-state index contributed by atoms with van der Waals surface area (Å²) in [4.78, 5) is 15.0. The largest absolute Gasteiger partial charge is 0.281 e. The molecule has 0 saturated carbocycles. The van der Waals surface area contributed by atoms with Crippen LogP contribution in [0.2, 0.25) is 0 Å². The third kappa shape index (κ3) is 4.37. The fourth-order valence-electron chi connectivity index (χ4n) is 0.749. The molecule has 0 aromatic rings. The topological polar surface area (TPSA) is 34.1 Å². The molecule has 0 unspecified atom stereocenters. The van der Waals surface area contributed by atoms with Crippen molar-refractivity contribution in [1.82, 2.24) is 0 Å². The smallest absolute Gasteiger partial charge is 0.281 e. The van der Waals surface area contributed by atoms with Gasteiger partial charge in [0.25, 0.3) is 13.6 Å². The second-order valence-electron chi connectivity index (χ2n) is 2.09. The first kappa shape index (κ1) is 14.0. The summed E-state index contributed by atoms with van der Waals surface area (Å²) in [5.74, 6) is 0. The number of rotatable bonds is 0. The van der Waals surface area contributed by atoms with Crippen LogP contribution in [-0.4, -0.2) is 13.6 Å². The summed E-state index contributed by atoms with van der Waals surface area (Å²) >= 11 is 2.20. The molecule has 0 bridgehead atoms. The molecule has 3 heteroatoms. The Morgan fingerprint density at radius 2 is 1.67 bits per heavy atom. The molecule has 0 atom stereocenters. The van der Waals surface area contributed by atoms with Crippen molar-refractivity contribution < 1.29 is 28.5 Å². The van der Waals surface area contributed by atoms with Crippen LogP contribution in [0.3, 0.4) is 0 Å². The van der Waals surface area contributed by atoms with Crippen LogP contribution in [-0.2, 0) is 28.5 Å². The van der Waals surface area contributed by atoms with Crippen molar-refractivity contribution in [2.24, 2.45) is 0 Å². The summed E-state index contributed by atoms with van der Waals surface area (Å²) in [5, 5.41) is 0. The number of hydrogen-bond acceptors (Lipinski definition) is 2. The van der Waals surface area contributed by atoms with Gasteiger partial charge in [-0.3, -0.25) is 9.59 Å². The van der Waals surface area contributed by atoms with E-state index in [1.54, 1.807) is 0 Å². The summed E-state index contributed by atoms with van der Waals surface area (Å²) in [6.07, 6.45) is 3.46. The van der Waals surface area contributed by atoms with Crippen LogP contribution in [0.25, 0.3) is 0 Å². The van der Waals surface area contributed by atoms with E-state index in [2.05, 4.69) is 52.4 Å². The molecular weight excluding hydrogens is 332 g/mol. The van der Waals surface area contributed by atoms with Crippen LogP contribution in [0.4, 0.5) is 0 Å². The minimum Gasteiger partial charge on any atom is -0.281 e. The van der Waals surface area contributed by atoms with Crippen molar-refractivity contribution in [1.29, 1.82) is 0 Å². The first-order valence-corrected chi connectivity index (χ1v) is 4.32. The van der Waals surface area contributed by atoms with Crippen LogP contribution < -0.4 is 0 Å². The Morgan fingerprint density at radius 1 is 1.25 bits per heavy atom. The number of allylic oxidation sites excluding steroid dienone is 4. The van der Waals surface area contributed by atoms with Gasteiger partial charge in [0.1, 0.15) is 0 Å². The van der Waals surface area contributed by atoms with E-state index < -0.39 is 0 Å². The van der Waals surface area contributed by atoms with Crippen molar-refractivity contribution in [3.63, 3.8) is 0 Å². The third-order valence-electron chi connectivity index (χ3n) is 1.56. The average Bonchev–Trinajstić information content (AvgIpc) is 2.43. The first-order valence-electron chi connectivity index (χ1n) is 3.13. The normalized spacial score (nSPS) is 13.8. The van der Waals surface area contributed by atoms with E-state index in [0.717, 1.165) is 0 Å². The Labute approximate surface area is 83.9 Å². The Bertz CT molecular complexity index is 187. The van der Waals surface area contributed by atoms with Gasteiger partial charge in [-0.05, 0) is 0 Å². The maximum atomic E-state index is 7.50. The van der Waals surface area contributed by atoms with Crippen molar-refractivity contribution >= 4 is 13.6 Å². The predicted octanol–water partition coefficient (Wildman–Crippen LogP) is 1.36. The quantitative estimate of drug-likeness (QED) is 0.667. The SMILES string of the molecule is CC1=CC[C]([Ir])=C1C.[C]=O.[C]=O. The van der Waals surface area contributed by atoms with Gasteiger partial charge in [-0.15, -0.1) is 0 Å². The van der Waals surface area contributed by atoms with E-state index in [4.69, 9.17) is 9.59 Å². The number of carbonyl (C=O) groups excluding carboxylic acids is 2. The zero-order valence-electron chi connectivity index (χ0n) is 6.93. The van der Waals surface area contributed by atoms with Crippen LogP contribution in [0.15, 0.2) is 21.3 Å². The van der Waals surface area contributed by atoms with Gasteiger partial charge in [0, 0.05) is 0 Å². The molecule has 0 saturated heterocycles. The first-order chi connectivity index (χ1) is 5.72. The van der Waals surface area contributed by atoms with Gasteiger partial charge in [0.2, 0.25) is 0 Å². The second-order valence-corrected chi connectivity index (χ2v) is 3.54. The monoisotopic (exact) mass is 342 g/mol. The molecule has 1 rings (SSSR count). The molecule has 0 heterocycles. The summed E-state index contributed by atoms with van der Waals surface area (Å²) in [6, 6.07) is 0. The molecule has 66 valence electrons. The van der Waals surface area contributed by atoms with Gasteiger partial charge >= 0.3 is 60.5 Å². The maximum absolute atomic E-state index is 7.50. The summed E-state index contributed by atoms with van der Waals surface area (Å²) in [5.41, 5.74) is 2.95. The maximum Gasteiger partial charge on any atom is 0.281 e. The molecule has 0 aliphatic heterocycles. The van der Waals surface area contributed by atoms with Crippen molar-refractivity contribution in [2.75, 3.05) is 0 Å². The number of hydrogen-bond donors (Lipinski definition) is 0. The zero-order valence-corrected chi connectivity index (χ0v) is 9.33. The zero-order chi connectivity index (χ0) is 10.1. The Hall–Kier alpha value is -0.531. The molecule has 12 heavy (non-hydrogen) atoms. The van der Waals surface area contributed by atoms with E-state index in [1.807, 2.05) is 0 Å². The Kier molecular flexibility index (Phi) is 10.0. The van der Waals surface area contributed by atoms with Crippen molar-refractivity contribution in [3.8, 4) is 0 Å². The van der Waals surface area contributed by atoms with E-state index in [0.29, 0.717) is 0 Å². The molecule has 0 spiro atoms. The second kappa shape index (κ2) is 8.56. The molecule has 1 aliphatic carbocycles. The van der Waals surface area contributed by atoms with Crippen molar-refractivity contribution in [3.05, 3.63) is 21.3 Å². The summed E-state index contributed by atoms with van der Waals surface area (Å²) < 4.78 is 1.53. The summed E-state index contributed by atoms with van der Waals surface area (Å²) in [7, 11) is 0. The van der Waals surface area contributed by atoms with Gasteiger partial charge in [-0.25, -0.2) is 0 Å². The predicted molar refractivity (Wildman–Crippen MR) is 42.5 cm³/mol. The molecular formula is C9H9IrO2. The molecule has 0 N–H and O–H groups in total. The standard InChI is InChI=1S/C7H9.2CO.Ir/c1-6-4-3-5-7(6)2;2*1-2;/h4H,3H2,1-2H3;;;. The Balaban J connectivity index is 0. The molecule has 4 radical (unpaired) electrons. The van der Waals surface area contributed by atoms with Gasteiger partial charge in [0.05, 0.1) is 0 Å². The van der Waals surface area contributed by atoms with E-state index in [-0.39, 0.29) is 0 Å². The van der Waals surface area contributed by atoms with E-state index in [9.17, 15) is 0 Å². The average molecular weight is 341 g/mol. The summed E-state index contributed by atoms with van der Waals surface area (Å²) in [6.45, 7) is 13.4. The fourth-order valence-corrected chi connectivity index (χ4v) is 1.47. The van der Waals surface area contributed by atoms with Crippen LogP contribution >= 0.6 is 0 Å². The van der Waals surface area contributed by atoms with Gasteiger partial charge in [-0.2, -0.15) is 0 Å². The molecule has 0 aromatic heterocycles. The van der Waals surface area contributed by atoms with E-state index in [1.165, 1.54) is 21.7 Å². The van der Waals surface area contributed by atoms with Crippen molar-refractivity contribution in [2.45, 2.75) is 20.3 Å². The van der Waals surface area contributed by atoms with Gasteiger partial charge < -0.3 is 0 Å². The molecule has 0 aromatic carbocycles. The Morgan fingerprint density at radius 3 is 1.75 bits per heavy atom. The van der Waals surface area contributed by atoms with Crippen LogP contribution in [0.5, 0.6) is 0 Å². The molecule has 1 aliphatic rings.